The van der Waals surface area contributed by atoms with Crippen LogP contribution in [0.5, 0.6) is 0 Å². The van der Waals surface area contributed by atoms with Crippen LogP contribution in [0.25, 0.3) is 0 Å². The molecule has 5 nitrogen and oxygen atoms in total. The van der Waals surface area contributed by atoms with E-state index in [4.69, 9.17) is 10.8 Å². The first-order valence-corrected chi connectivity index (χ1v) is 5.42. The summed E-state index contributed by atoms with van der Waals surface area (Å²) in [5.74, 6) is -0.941. The van der Waals surface area contributed by atoms with Crippen molar-refractivity contribution in [3.8, 4) is 0 Å². The summed E-state index contributed by atoms with van der Waals surface area (Å²) in [7, 11) is 2.11. The molecule has 1 aliphatic rings. The zero-order chi connectivity index (χ0) is 11.4. The molecular formula is C10H21N3O2. The second-order valence-electron chi connectivity index (χ2n) is 4.40. The summed E-state index contributed by atoms with van der Waals surface area (Å²) >= 11 is 0. The highest BCUT2D eigenvalue weighted by molar-refractivity contribution is 5.73. The molecule has 0 aromatic heterocycles. The Bertz CT molecular complexity index is 223. The van der Waals surface area contributed by atoms with E-state index in [1.165, 1.54) is 0 Å². The number of hydrogen-bond acceptors (Lipinski definition) is 4. The Morgan fingerprint density at radius 3 is 2.93 bits per heavy atom. The van der Waals surface area contributed by atoms with E-state index < -0.39 is 12.0 Å². The summed E-state index contributed by atoms with van der Waals surface area (Å²) in [5.41, 5.74) is 5.42. The maximum Gasteiger partial charge on any atom is 0.321 e. The zero-order valence-corrected chi connectivity index (χ0v) is 9.44. The minimum Gasteiger partial charge on any atom is -0.480 e. The van der Waals surface area contributed by atoms with Crippen LogP contribution in [0.2, 0.25) is 0 Å². The topological polar surface area (TPSA) is 78.6 Å². The molecule has 4 N–H and O–H groups in total. The van der Waals surface area contributed by atoms with Crippen LogP contribution in [-0.4, -0.2) is 54.2 Å². The minimum absolute atomic E-state index is 0.358. The van der Waals surface area contributed by atoms with E-state index in [1.807, 2.05) is 0 Å². The molecule has 1 heterocycles. The van der Waals surface area contributed by atoms with Crippen molar-refractivity contribution in [2.24, 2.45) is 5.73 Å². The fraction of sp³-hybridized carbons (Fsp3) is 0.900. The first kappa shape index (κ1) is 12.4. The number of carboxylic acids is 1. The highest BCUT2D eigenvalue weighted by Gasteiger charge is 2.23. The van der Waals surface area contributed by atoms with Crippen molar-refractivity contribution < 1.29 is 9.90 Å². The lowest BCUT2D eigenvalue weighted by atomic mass is 9.99. The largest absolute Gasteiger partial charge is 0.480 e. The summed E-state index contributed by atoms with van der Waals surface area (Å²) in [4.78, 5) is 12.8. The second kappa shape index (κ2) is 5.44. The van der Waals surface area contributed by atoms with E-state index in [0.29, 0.717) is 18.6 Å². The van der Waals surface area contributed by atoms with Gasteiger partial charge in [-0.05, 0) is 33.4 Å². The average molecular weight is 215 g/mol. The number of aliphatic carboxylic acids is 1. The Labute approximate surface area is 90.6 Å². The molecule has 1 fully saturated rings. The molecule has 5 heteroatoms. The molecule has 1 saturated heterocycles. The number of hydrogen-bond donors (Lipinski definition) is 3. The van der Waals surface area contributed by atoms with Gasteiger partial charge >= 0.3 is 5.97 Å². The standard InChI is InChI=1S/C10H21N3O2/c1-7-5-8(3-4-13(7)2)12-6-9(11)10(14)15/h7-9,12H,3-6,11H2,1-2H3,(H,14,15). The minimum atomic E-state index is -0.941. The molecule has 0 aromatic rings. The zero-order valence-electron chi connectivity index (χ0n) is 9.44. The molecule has 0 aromatic carbocycles. The Morgan fingerprint density at radius 2 is 2.40 bits per heavy atom. The Morgan fingerprint density at radius 1 is 1.73 bits per heavy atom. The van der Waals surface area contributed by atoms with Gasteiger partial charge in [-0.2, -0.15) is 0 Å². The number of nitrogens with zero attached hydrogens (tertiary/aromatic N) is 1. The smallest absolute Gasteiger partial charge is 0.321 e. The number of carbonyl (C=O) groups is 1. The van der Waals surface area contributed by atoms with Crippen molar-refractivity contribution in [2.75, 3.05) is 20.1 Å². The van der Waals surface area contributed by atoms with Crippen molar-refractivity contribution in [1.82, 2.24) is 10.2 Å². The lowest BCUT2D eigenvalue weighted by Crippen LogP contribution is -2.49. The monoisotopic (exact) mass is 215 g/mol. The third-order valence-electron chi connectivity index (χ3n) is 3.15. The number of nitrogens with two attached hydrogens (primary N) is 1. The van der Waals surface area contributed by atoms with Crippen LogP contribution in [0.1, 0.15) is 19.8 Å². The van der Waals surface area contributed by atoms with Crippen molar-refractivity contribution in [3.05, 3.63) is 0 Å². The molecule has 0 amide bonds. The van der Waals surface area contributed by atoms with E-state index in [0.717, 1.165) is 19.4 Å². The van der Waals surface area contributed by atoms with E-state index >= 15 is 0 Å². The van der Waals surface area contributed by atoms with Gasteiger partial charge in [-0.25, -0.2) is 0 Å². The predicted octanol–water partition coefficient (Wildman–Crippen LogP) is -0.529. The molecule has 3 unspecified atom stereocenters. The summed E-state index contributed by atoms with van der Waals surface area (Å²) < 4.78 is 0. The van der Waals surface area contributed by atoms with Crippen LogP contribution in [0.4, 0.5) is 0 Å². The highest BCUT2D eigenvalue weighted by Crippen LogP contribution is 2.14. The molecule has 0 saturated carbocycles. The molecule has 88 valence electrons. The third-order valence-corrected chi connectivity index (χ3v) is 3.15. The highest BCUT2D eigenvalue weighted by atomic mass is 16.4. The first-order chi connectivity index (χ1) is 7.00. The molecule has 0 bridgehead atoms. The van der Waals surface area contributed by atoms with Gasteiger partial charge in [0.2, 0.25) is 0 Å². The number of likely N-dealkylation sites (tertiary alicyclic amines) is 1. The first-order valence-electron chi connectivity index (χ1n) is 5.42. The number of nitrogens with one attached hydrogen (secondary N) is 1. The summed E-state index contributed by atoms with van der Waals surface area (Å²) in [5, 5.41) is 11.9. The summed E-state index contributed by atoms with van der Waals surface area (Å²) in [6, 6.07) is 0.166. The van der Waals surface area contributed by atoms with Gasteiger partial charge in [0.15, 0.2) is 0 Å². The molecule has 1 rings (SSSR count). The van der Waals surface area contributed by atoms with Gasteiger partial charge in [-0.3, -0.25) is 4.79 Å². The normalized spacial score (nSPS) is 30.1. The van der Waals surface area contributed by atoms with E-state index in [-0.39, 0.29) is 0 Å². The van der Waals surface area contributed by atoms with Crippen molar-refractivity contribution in [2.45, 2.75) is 37.9 Å². The molecule has 3 atom stereocenters. The predicted molar refractivity (Wildman–Crippen MR) is 58.7 cm³/mol. The number of rotatable bonds is 4. The number of piperidine rings is 1. The molecular weight excluding hydrogens is 194 g/mol. The van der Waals surface area contributed by atoms with Crippen LogP contribution in [-0.2, 0) is 4.79 Å². The Hall–Kier alpha value is -0.650. The van der Waals surface area contributed by atoms with Crippen LogP contribution in [0.3, 0.4) is 0 Å². The molecule has 15 heavy (non-hydrogen) atoms. The molecule has 1 aliphatic heterocycles. The second-order valence-corrected chi connectivity index (χ2v) is 4.40. The Balaban J connectivity index is 2.25. The molecule has 0 aliphatic carbocycles. The summed E-state index contributed by atoms with van der Waals surface area (Å²) in [6.45, 7) is 3.60. The van der Waals surface area contributed by atoms with Gasteiger partial charge in [-0.1, -0.05) is 0 Å². The van der Waals surface area contributed by atoms with Gasteiger partial charge < -0.3 is 21.1 Å². The fourth-order valence-electron chi connectivity index (χ4n) is 1.86. The number of carboxylic acid groups (broad SMARTS) is 1. The average Bonchev–Trinajstić information content (AvgIpc) is 2.19. The van der Waals surface area contributed by atoms with E-state index in [2.05, 4.69) is 24.2 Å². The quantitative estimate of drug-likeness (QED) is 0.587. The van der Waals surface area contributed by atoms with Gasteiger partial charge in [0.05, 0.1) is 0 Å². The maximum absolute atomic E-state index is 10.5. The van der Waals surface area contributed by atoms with Crippen molar-refractivity contribution in [1.29, 1.82) is 0 Å². The molecule has 0 radical (unpaired) electrons. The lowest BCUT2D eigenvalue weighted by Gasteiger charge is -2.35. The SMILES string of the molecule is CC1CC(NCC(N)C(=O)O)CCN1C. The third kappa shape index (κ3) is 3.77. The van der Waals surface area contributed by atoms with Gasteiger partial charge in [-0.15, -0.1) is 0 Å². The van der Waals surface area contributed by atoms with E-state index in [1.54, 1.807) is 0 Å². The van der Waals surface area contributed by atoms with Gasteiger partial charge in [0, 0.05) is 18.6 Å². The van der Waals surface area contributed by atoms with E-state index in [9.17, 15) is 4.79 Å². The Kier molecular flexibility index (Phi) is 4.50. The fourth-order valence-corrected chi connectivity index (χ4v) is 1.86. The van der Waals surface area contributed by atoms with Crippen molar-refractivity contribution in [3.63, 3.8) is 0 Å². The molecule has 0 spiro atoms. The van der Waals surface area contributed by atoms with Crippen LogP contribution < -0.4 is 11.1 Å². The summed E-state index contributed by atoms with van der Waals surface area (Å²) in [6.07, 6.45) is 2.12. The van der Waals surface area contributed by atoms with Crippen LogP contribution >= 0.6 is 0 Å². The van der Waals surface area contributed by atoms with Crippen molar-refractivity contribution >= 4 is 5.97 Å². The maximum atomic E-state index is 10.5. The van der Waals surface area contributed by atoms with Gasteiger partial charge in [0.25, 0.3) is 0 Å². The lowest BCUT2D eigenvalue weighted by molar-refractivity contribution is -0.138. The van der Waals surface area contributed by atoms with Gasteiger partial charge in [0.1, 0.15) is 6.04 Å². The van der Waals surface area contributed by atoms with Crippen LogP contribution in [0, 0.1) is 0 Å². The van der Waals surface area contributed by atoms with Crippen LogP contribution in [0.15, 0.2) is 0 Å².